The van der Waals surface area contributed by atoms with Crippen LogP contribution in [0.25, 0.3) is 0 Å². The molecule has 0 aliphatic heterocycles. The summed E-state index contributed by atoms with van der Waals surface area (Å²) in [5.74, 6) is -1.01. The van der Waals surface area contributed by atoms with Gasteiger partial charge in [0.25, 0.3) is 0 Å². The molecule has 0 heterocycles. The van der Waals surface area contributed by atoms with E-state index in [-0.39, 0.29) is 12.6 Å². The van der Waals surface area contributed by atoms with Gasteiger partial charge in [0.05, 0.1) is 6.10 Å². The molecule has 2 atom stereocenters. The molecule has 0 bridgehead atoms. The fourth-order valence-electron chi connectivity index (χ4n) is 0.656. The molecular weight excluding hydrogens is 160 g/mol. The highest BCUT2D eigenvalue weighted by Gasteiger charge is 2.09. The number of nitrogens with one attached hydrogen (secondary N) is 1. The third kappa shape index (κ3) is 6.09. The van der Waals surface area contributed by atoms with Crippen LogP contribution in [0, 0.1) is 0 Å². The summed E-state index contributed by atoms with van der Waals surface area (Å²) in [5, 5.41) is 20.0. The lowest BCUT2D eigenvalue weighted by Crippen LogP contribution is -2.40. The minimum absolute atomic E-state index is 0.238. The number of hydrogen-bond donors (Lipinski definition) is 4. The summed E-state index contributed by atoms with van der Waals surface area (Å²) in [7, 11) is 0. The first-order valence-corrected chi connectivity index (χ1v) is 3.91. The number of nitrogens with two attached hydrogens (primary N) is 1. The first-order chi connectivity index (χ1) is 5.54. The van der Waals surface area contributed by atoms with Crippen LogP contribution in [0.2, 0.25) is 0 Å². The van der Waals surface area contributed by atoms with Gasteiger partial charge < -0.3 is 21.3 Å². The molecule has 0 aliphatic rings. The van der Waals surface area contributed by atoms with Gasteiger partial charge in [-0.1, -0.05) is 0 Å². The van der Waals surface area contributed by atoms with Crippen LogP contribution in [0.3, 0.4) is 0 Å². The highest BCUT2D eigenvalue weighted by Crippen LogP contribution is 1.85. The van der Waals surface area contributed by atoms with Gasteiger partial charge in [0, 0.05) is 6.54 Å². The number of carboxylic acids is 1. The summed E-state index contributed by atoms with van der Waals surface area (Å²) in [4.78, 5) is 10.2. The minimum Gasteiger partial charge on any atom is -0.480 e. The minimum atomic E-state index is -1.01. The zero-order valence-electron chi connectivity index (χ0n) is 7.16. The van der Waals surface area contributed by atoms with Crippen LogP contribution in [-0.2, 0) is 4.79 Å². The normalized spacial score (nSPS) is 15.6. The Morgan fingerprint density at radius 1 is 1.67 bits per heavy atom. The van der Waals surface area contributed by atoms with E-state index in [1.807, 2.05) is 0 Å². The van der Waals surface area contributed by atoms with E-state index in [4.69, 9.17) is 15.9 Å². The van der Waals surface area contributed by atoms with Crippen molar-refractivity contribution in [2.45, 2.75) is 25.5 Å². The number of aliphatic hydroxyl groups excluding tert-OH is 1. The Balaban J connectivity index is 3.25. The van der Waals surface area contributed by atoms with E-state index in [9.17, 15) is 4.79 Å². The van der Waals surface area contributed by atoms with Gasteiger partial charge in [0.2, 0.25) is 0 Å². The lowest BCUT2D eigenvalue weighted by atomic mass is 10.2. The highest BCUT2D eigenvalue weighted by atomic mass is 16.4. The molecule has 5 N–H and O–H groups in total. The summed E-state index contributed by atoms with van der Waals surface area (Å²) in [5.41, 5.74) is 5.21. The van der Waals surface area contributed by atoms with Crippen LogP contribution < -0.4 is 11.1 Å². The Morgan fingerprint density at radius 2 is 2.25 bits per heavy atom. The SMILES string of the molecule is CC(O)CCNCC(N)C(=O)O. The number of rotatable bonds is 6. The first kappa shape index (κ1) is 11.4. The van der Waals surface area contributed by atoms with Crippen LogP contribution in [0.1, 0.15) is 13.3 Å². The monoisotopic (exact) mass is 176 g/mol. The summed E-state index contributed by atoms with van der Waals surface area (Å²) in [6.07, 6.45) is 0.241. The van der Waals surface area contributed by atoms with Crippen LogP contribution >= 0.6 is 0 Å². The van der Waals surface area contributed by atoms with Crippen LogP contribution in [-0.4, -0.2) is 41.4 Å². The molecule has 0 rings (SSSR count). The molecule has 0 aromatic rings. The number of carbonyl (C=O) groups is 1. The summed E-state index contributed by atoms with van der Waals surface area (Å²) >= 11 is 0. The van der Waals surface area contributed by atoms with Gasteiger partial charge in [0.15, 0.2) is 0 Å². The van der Waals surface area contributed by atoms with E-state index in [2.05, 4.69) is 5.32 Å². The summed E-state index contributed by atoms with van der Waals surface area (Å²) in [6.45, 7) is 2.50. The Hall–Kier alpha value is -0.650. The molecule has 0 saturated heterocycles. The summed E-state index contributed by atoms with van der Waals surface area (Å²) < 4.78 is 0. The highest BCUT2D eigenvalue weighted by molar-refractivity contribution is 5.73. The van der Waals surface area contributed by atoms with Crippen molar-refractivity contribution in [3.05, 3.63) is 0 Å². The predicted octanol–water partition coefficient (Wildman–Crippen LogP) is -1.24. The van der Waals surface area contributed by atoms with Gasteiger partial charge in [-0.2, -0.15) is 0 Å². The molecule has 12 heavy (non-hydrogen) atoms. The zero-order valence-corrected chi connectivity index (χ0v) is 7.16. The van der Waals surface area contributed by atoms with Gasteiger partial charge >= 0.3 is 5.97 Å². The smallest absolute Gasteiger partial charge is 0.321 e. The van der Waals surface area contributed by atoms with E-state index in [1.165, 1.54) is 0 Å². The van der Waals surface area contributed by atoms with Gasteiger partial charge in [-0.25, -0.2) is 0 Å². The Morgan fingerprint density at radius 3 is 2.67 bits per heavy atom. The van der Waals surface area contributed by atoms with Crippen LogP contribution in [0.15, 0.2) is 0 Å². The van der Waals surface area contributed by atoms with Crippen molar-refractivity contribution >= 4 is 5.97 Å². The van der Waals surface area contributed by atoms with Crippen molar-refractivity contribution in [2.75, 3.05) is 13.1 Å². The van der Waals surface area contributed by atoms with Gasteiger partial charge in [-0.05, 0) is 19.9 Å². The maximum atomic E-state index is 10.2. The maximum Gasteiger partial charge on any atom is 0.321 e. The number of hydrogen-bond acceptors (Lipinski definition) is 4. The van der Waals surface area contributed by atoms with E-state index in [0.29, 0.717) is 13.0 Å². The van der Waals surface area contributed by atoms with Crippen LogP contribution in [0.5, 0.6) is 0 Å². The molecule has 0 radical (unpaired) electrons. The average molecular weight is 176 g/mol. The fourth-order valence-corrected chi connectivity index (χ4v) is 0.656. The third-order valence-corrected chi connectivity index (χ3v) is 1.42. The van der Waals surface area contributed by atoms with Gasteiger partial charge in [-0.15, -0.1) is 0 Å². The third-order valence-electron chi connectivity index (χ3n) is 1.42. The van der Waals surface area contributed by atoms with Crippen molar-refractivity contribution in [3.63, 3.8) is 0 Å². The van der Waals surface area contributed by atoms with Crippen molar-refractivity contribution in [1.82, 2.24) is 5.32 Å². The molecule has 5 heteroatoms. The van der Waals surface area contributed by atoms with Gasteiger partial charge in [-0.3, -0.25) is 4.79 Å². The average Bonchev–Trinajstić information content (AvgIpc) is 1.97. The fraction of sp³-hybridized carbons (Fsp3) is 0.857. The van der Waals surface area contributed by atoms with Gasteiger partial charge in [0.1, 0.15) is 6.04 Å². The summed E-state index contributed by atoms with van der Waals surface area (Å²) in [6, 6.07) is -0.862. The maximum absolute atomic E-state index is 10.2. The zero-order chi connectivity index (χ0) is 9.56. The number of carboxylic acid groups (broad SMARTS) is 1. The topological polar surface area (TPSA) is 95.6 Å². The molecule has 0 amide bonds. The standard InChI is InChI=1S/C7H16N2O3/c1-5(10)2-3-9-4-6(8)7(11)12/h5-6,9-10H,2-4,8H2,1H3,(H,11,12). The van der Waals surface area contributed by atoms with E-state index >= 15 is 0 Å². The number of aliphatic hydroxyl groups is 1. The first-order valence-electron chi connectivity index (χ1n) is 3.91. The molecule has 0 aromatic heterocycles. The Kier molecular flexibility index (Phi) is 5.61. The van der Waals surface area contributed by atoms with E-state index < -0.39 is 12.0 Å². The predicted molar refractivity (Wildman–Crippen MR) is 44.8 cm³/mol. The Bertz CT molecular complexity index is 139. The quantitative estimate of drug-likeness (QED) is 0.380. The van der Waals surface area contributed by atoms with Crippen molar-refractivity contribution in [3.8, 4) is 0 Å². The molecular formula is C7H16N2O3. The molecule has 2 unspecified atom stereocenters. The molecule has 0 aromatic carbocycles. The van der Waals surface area contributed by atoms with Crippen molar-refractivity contribution < 1.29 is 15.0 Å². The molecule has 0 fully saturated rings. The van der Waals surface area contributed by atoms with Crippen LogP contribution in [0.4, 0.5) is 0 Å². The lowest BCUT2D eigenvalue weighted by molar-refractivity contribution is -0.138. The largest absolute Gasteiger partial charge is 0.480 e. The molecule has 0 saturated carbocycles. The molecule has 5 nitrogen and oxygen atoms in total. The van der Waals surface area contributed by atoms with E-state index in [0.717, 1.165) is 0 Å². The number of aliphatic carboxylic acids is 1. The second kappa shape index (κ2) is 5.93. The van der Waals surface area contributed by atoms with Crippen molar-refractivity contribution in [1.29, 1.82) is 0 Å². The Labute approximate surface area is 71.6 Å². The lowest BCUT2D eigenvalue weighted by Gasteiger charge is -2.08. The van der Waals surface area contributed by atoms with Crippen molar-refractivity contribution in [2.24, 2.45) is 5.73 Å². The second-order valence-corrected chi connectivity index (χ2v) is 2.79. The van der Waals surface area contributed by atoms with E-state index in [1.54, 1.807) is 6.92 Å². The molecule has 0 aliphatic carbocycles. The molecule has 72 valence electrons. The second-order valence-electron chi connectivity index (χ2n) is 2.79. The molecule has 0 spiro atoms.